The first kappa shape index (κ1) is 22.6. The normalized spacial score (nSPS) is 19.3. The molecule has 2 saturated heterocycles. The molecule has 2 aliphatic rings. The maximum absolute atomic E-state index is 13.2. The van der Waals surface area contributed by atoms with Crippen LogP contribution in [0.2, 0.25) is 10.0 Å². The summed E-state index contributed by atoms with van der Waals surface area (Å²) in [6.07, 6.45) is 2.67. The molecule has 0 saturated carbocycles. The Morgan fingerprint density at radius 3 is 2.34 bits per heavy atom. The molecule has 2 fully saturated rings. The summed E-state index contributed by atoms with van der Waals surface area (Å²) < 4.78 is 4.94. The van der Waals surface area contributed by atoms with Crippen LogP contribution in [0.4, 0.5) is 0 Å². The Morgan fingerprint density at radius 2 is 1.72 bits per heavy atom. The minimum absolute atomic E-state index is 0.0431. The molecule has 3 amide bonds. The van der Waals surface area contributed by atoms with Crippen molar-refractivity contribution in [1.29, 1.82) is 0 Å². The van der Waals surface area contributed by atoms with Gasteiger partial charge in [-0.2, -0.15) is 0 Å². The molecular weight excluding hydrogens is 455 g/mol. The van der Waals surface area contributed by atoms with Crippen LogP contribution < -0.4 is 5.32 Å². The molecule has 32 heavy (non-hydrogen) atoms. The molecule has 1 unspecified atom stereocenters. The number of carbonyl (C=O) groups excluding carboxylic acids is 3. The molecule has 1 aromatic carbocycles. The maximum atomic E-state index is 13.2. The molecule has 1 aromatic heterocycles. The fourth-order valence-corrected chi connectivity index (χ4v) is 4.82. The van der Waals surface area contributed by atoms with Gasteiger partial charge in [0.15, 0.2) is 5.69 Å². The highest BCUT2D eigenvalue weighted by Crippen LogP contribution is 2.26. The van der Waals surface area contributed by atoms with E-state index in [0.29, 0.717) is 60.3 Å². The number of piperidine rings is 1. The number of rotatable bonds is 4. The second-order valence-electron chi connectivity index (χ2n) is 8.21. The van der Waals surface area contributed by atoms with Gasteiger partial charge in [-0.25, -0.2) is 0 Å². The number of aromatic nitrogens is 1. The number of benzene rings is 1. The molecule has 170 valence electrons. The van der Waals surface area contributed by atoms with Crippen molar-refractivity contribution in [2.45, 2.75) is 44.7 Å². The number of hydrogen-bond donors (Lipinski definition) is 1. The lowest BCUT2D eigenvalue weighted by Crippen LogP contribution is -2.52. The topological polar surface area (TPSA) is 95.8 Å². The van der Waals surface area contributed by atoms with Crippen LogP contribution in [0.3, 0.4) is 0 Å². The number of aryl methyl sites for hydroxylation is 1. The zero-order chi connectivity index (χ0) is 22.8. The van der Waals surface area contributed by atoms with Crippen LogP contribution in [0.15, 0.2) is 28.8 Å². The molecule has 10 heteroatoms. The third-order valence-corrected chi connectivity index (χ3v) is 6.35. The third kappa shape index (κ3) is 4.91. The van der Waals surface area contributed by atoms with Gasteiger partial charge in [0, 0.05) is 47.4 Å². The quantitative estimate of drug-likeness (QED) is 0.726. The Kier molecular flexibility index (Phi) is 6.71. The van der Waals surface area contributed by atoms with E-state index in [1.54, 1.807) is 41.0 Å². The number of carbonyl (C=O) groups is 3. The fourth-order valence-electron chi connectivity index (χ4n) is 4.30. The van der Waals surface area contributed by atoms with Crippen LogP contribution in [0.5, 0.6) is 0 Å². The summed E-state index contributed by atoms with van der Waals surface area (Å²) in [5.74, 6) is 0.00170. The number of halogens is 2. The van der Waals surface area contributed by atoms with Gasteiger partial charge in [0.25, 0.3) is 11.8 Å². The average Bonchev–Trinajstić information content (AvgIpc) is 3.42. The van der Waals surface area contributed by atoms with Crippen molar-refractivity contribution in [3.05, 3.63) is 51.3 Å². The Hall–Kier alpha value is -2.58. The van der Waals surface area contributed by atoms with Crippen molar-refractivity contribution in [1.82, 2.24) is 20.3 Å². The Bertz CT molecular complexity index is 1010. The molecule has 8 nitrogen and oxygen atoms in total. The fraction of sp³-hybridized carbons (Fsp3) is 0.455. The molecule has 0 spiro atoms. The lowest BCUT2D eigenvalue weighted by Gasteiger charge is -2.35. The standard InChI is InChI=1S/C22H24Cl2N4O4/c1-13-9-18(26-32-13)20(29)25-17-4-7-27(8-5-17)22(31)19-3-2-6-28(19)21(30)14-10-15(23)12-16(24)11-14/h9-12,17,19H,2-8H2,1H3,(H,25,29). The van der Waals surface area contributed by atoms with Crippen LogP contribution in [-0.4, -0.2) is 64.4 Å². The highest BCUT2D eigenvalue weighted by molar-refractivity contribution is 6.35. The van der Waals surface area contributed by atoms with Gasteiger partial charge in [-0.15, -0.1) is 0 Å². The Morgan fingerprint density at radius 1 is 1.03 bits per heavy atom. The van der Waals surface area contributed by atoms with Gasteiger partial charge >= 0.3 is 0 Å². The lowest BCUT2D eigenvalue weighted by atomic mass is 10.0. The summed E-state index contributed by atoms with van der Waals surface area (Å²) >= 11 is 12.1. The van der Waals surface area contributed by atoms with E-state index in [2.05, 4.69) is 10.5 Å². The molecule has 3 heterocycles. The van der Waals surface area contributed by atoms with Crippen molar-refractivity contribution >= 4 is 40.9 Å². The third-order valence-electron chi connectivity index (χ3n) is 5.91. The van der Waals surface area contributed by atoms with Crippen LogP contribution >= 0.6 is 23.2 Å². The number of nitrogens with one attached hydrogen (secondary N) is 1. The molecule has 2 aliphatic heterocycles. The van der Waals surface area contributed by atoms with E-state index in [1.165, 1.54) is 0 Å². The van der Waals surface area contributed by atoms with Gasteiger partial charge in [0.2, 0.25) is 5.91 Å². The highest BCUT2D eigenvalue weighted by atomic mass is 35.5. The van der Waals surface area contributed by atoms with Crippen molar-refractivity contribution in [2.24, 2.45) is 0 Å². The minimum atomic E-state index is -0.496. The summed E-state index contributed by atoms with van der Waals surface area (Å²) in [4.78, 5) is 41.9. The van der Waals surface area contributed by atoms with Gasteiger partial charge in [0.05, 0.1) is 0 Å². The molecule has 1 N–H and O–H groups in total. The zero-order valence-corrected chi connectivity index (χ0v) is 19.2. The van der Waals surface area contributed by atoms with Crippen molar-refractivity contribution in [3.8, 4) is 0 Å². The van der Waals surface area contributed by atoms with Gasteiger partial charge in [-0.1, -0.05) is 28.4 Å². The van der Waals surface area contributed by atoms with Gasteiger partial charge in [-0.05, 0) is 50.8 Å². The molecule has 1 atom stereocenters. The van der Waals surface area contributed by atoms with Gasteiger partial charge in [0.1, 0.15) is 11.8 Å². The van der Waals surface area contributed by atoms with Crippen LogP contribution in [0.1, 0.15) is 52.3 Å². The summed E-state index contributed by atoms with van der Waals surface area (Å²) in [6.45, 7) is 3.28. The first-order valence-electron chi connectivity index (χ1n) is 10.6. The lowest BCUT2D eigenvalue weighted by molar-refractivity contribution is -0.136. The molecule has 2 aromatic rings. The van der Waals surface area contributed by atoms with E-state index in [0.717, 1.165) is 6.42 Å². The molecule has 0 radical (unpaired) electrons. The second-order valence-corrected chi connectivity index (χ2v) is 9.08. The first-order valence-corrected chi connectivity index (χ1v) is 11.4. The van der Waals surface area contributed by atoms with Gasteiger partial charge < -0.3 is 19.6 Å². The molecule has 0 bridgehead atoms. The Labute approximate surface area is 195 Å². The van der Waals surface area contributed by atoms with E-state index in [4.69, 9.17) is 27.7 Å². The van der Waals surface area contributed by atoms with Crippen LogP contribution in [-0.2, 0) is 4.79 Å². The summed E-state index contributed by atoms with van der Waals surface area (Å²) in [5.41, 5.74) is 0.633. The highest BCUT2D eigenvalue weighted by Gasteiger charge is 2.38. The summed E-state index contributed by atoms with van der Waals surface area (Å²) in [7, 11) is 0. The van der Waals surface area contributed by atoms with Crippen molar-refractivity contribution in [3.63, 3.8) is 0 Å². The SMILES string of the molecule is Cc1cc(C(=O)NC2CCN(C(=O)C3CCCN3C(=O)c3cc(Cl)cc(Cl)c3)CC2)no1. The number of hydrogen-bond acceptors (Lipinski definition) is 5. The van der Waals surface area contributed by atoms with E-state index in [1.807, 2.05) is 0 Å². The van der Waals surface area contributed by atoms with E-state index < -0.39 is 6.04 Å². The number of amides is 3. The predicted molar refractivity (Wildman–Crippen MR) is 119 cm³/mol. The van der Waals surface area contributed by atoms with Crippen molar-refractivity contribution in [2.75, 3.05) is 19.6 Å². The largest absolute Gasteiger partial charge is 0.361 e. The molecular formula is C22H24Cl2N4O4. The second kappa shape index (κ2) is 9.50. The van der Waals surface area contributed by atoms with Crippen LogP contribution in [0.25, 0.3) is 0 Å². The molecule has 0 aliphatic carbocycles. The minimum Gasteiger partial charge on any atom is -0.361 e. The zero-order valence-electron chi connectivity index (χ0n) is 17.6. The predicted octanol–water partition coefficient (Wildman–Crippen LogP) is 3.32. The first-order chi connectivity index (χ1) is 15.3. The monoisotopic (exact) mass is 478 g/mol. The van der Waals surface area contributed by atoms with Crippen LogP contribution in [0, 0.1) is 6.92 Å². The number of likely N-dealkylation sites (tertiary alicyclic amines) is 2. The average molecular weight is 479 g/mol. The summed E-state index contributed by atoms with van der Waals surface area (Å²) in [6, 6.07) is 5.76. The molecule has 4 rings (SSSR count). The van der Waals surface area contributed by atoms with Gasteiger partial charge in [-0.3, -0.25) is 14.4 Å². The van der Waals surface area contributed by atoms with Crippen molar-refractivity contribution < 1.29 is 18.9 Å². The van der Waals surface area contributed by atoms with E-state index >= 15 is 0 Å². The van der Waals surface area contributed by atoms with E-state index in [9.17, 15) is 14.4 Å². The van der Waals surface area contributed by atoms with E-state index in [-0.39, 0.29) is 29.5 Å². The summed E-state index contributed by atoms with van der Waals surface area (Å²) in [5, 5.41) is 7.44. The smallest absolute Gasteiger partial charge is 0.273 e. The Balaban J connectivity index is 1.35. The number of nitrogens with zero attached hydrogens (tertiary/aromatic N) is 3. The maximum Gasteiger partial charge on any atom is 0.273 e.